The van der Waals surface area contributed by atoms with Crippen LogP contribution in [0.4, 0.5) is 11.6 Å². The summed E-state index contributed by atoms with van der Waals surface area (Å²) in [5.41, 5.74) is 3.05. The van der Waals surface area contributed by atoms with Crippen molar-refractivity contribution in [2.75, 3.05) is 5.32 Å². The van der Waals surface area contributed by atoms with Crippen LogP contribution in [0.25, 0.3) is 22.2 Å². The number of hydrogen-bond donors (Lipinski definition) is 2. The number of aromatic nitrogens is 2. The van der Waals surface area contributed by atoms with E-state index in [9.17, 15) is 8.42 Å². The van der Waals surface area contributed by atoms with E-state index in [2.05, 4.69) is 15.3 Å². The number of nitrogens with one attached hydrogen (secondary N) is 1. The van der Waals surface area contributed by atoms with E-state index in [1.807, 2.05) is 36.4 Å². The lowest BCUT2D eigenvalue weighted by Crippen LogP contribution is -2.11. The van der Waals surface area contributed by atoms with E-state index in [1.54, 1.807) is 24.3 Å². The van der Waals surface area contributed by atoms with Gasteiger partial charge in [0, 0.05) is 21.7 Å². The largest absolute Gasteiger partial charge is 0.324 e. The first-order chi connectivity index (χ1) is 13.4. The molecule has 0 atom stereocenters. The van der Waals surface area contributed by atoms with Crippen molar-refractivity contribution in [2.45, 2.75) is 4.90 Å². The first kappa shape index (κ1) is 18.4. The Morgan fingerprint density at radius 2 is 1.61 bits per heavy atom. The molecule has 0 aliphatic heterocycles. The van der Waals surface area contributed by atoms with Crippen LogP contribution in [-0.2, 0) is 10.0 Å². The summed E-state index contributed by atoms with van der Waals surface area (Å²) in [6.07, 6.45) is 0. The van der Waals surface area contributed by atoms with Gasteiger partial charge in [0.15, 0.2) is 0 Å². The SMILES string of the molecule is NS(=O)(=O)c1ccc(Nc2nc(-c3ccccc3)c3ccc(Cl)cc3n2)cc1. The first-order valence-corrected chi connectivity index (χ1v) is 10.3. The summed E-state index contributed by atoms with van der Waals surface area (Å²) in [7, 11) is -3.74. The normalized spacial score (nSPS) is 11.5. The van der Waals surface area contributed by atoms with Gasteiger partial charge < -0.3 is 5.32 Å². The lowest BCUT2D eigenvalue weighted by Gasteiger charge is -2.11. The van der Waals surface area contributed by atoms with Crippen LogP contribution in [-0.4, -0.2) is 18.4 Å². The average molecular weight is 411 g/mol. The fourth-order valence-corrected chi connectivity index (χ4v) is 3.51. The molecule has 3 aromatic carbocycles. The summed E-state index contributed by atoms with van der Waals surface area (Å²) < 4.78 is 22.8. The van der Waals surface area contributed by atoms with E-state index in [0.29, 0.717) is 22.2 Å². The number of anilines is 2. The molecule has 28 heavy (non-hydrogen) atoms. The van der Waals surface area contributed by atoms with E-state index in [4.69, 9.17) is 16.7 Å². The van der Waals surface area contributed by atoms with Gasteiger partial charge in [-0.2, -0.15) is 0 Å². The quantitative estimate of drug-likeness (QED) is 0.521. The zero-order chi connectivity index (χ0) is 19.7. The van der Waals surface area contributed by atoms with Gasteiger partial charge in [-0.1, -0.05) is 41.9 Å². The van der Waals surface area contributed by atoms with Gasteiger partial charge in [0.25, 0.3) is 0 Å². The van der Waals surface area contributed by atoms with Gasteiger partial charge in [-0.15, -0.1) is 0 Å². The maximum absolute atomic E-state index is 11.4. The van der Waals surface area contributed by atoms with E-state index in [-0.39, 0.29) is 4.90 Å². The number of benzene rings is 3. The lowest BCUT2D eigenvalue weighted by atomic mass is 10.1. The maximum atomic E-state index is 11.4. The lowest BCUT2D eigenvalue weighted by molar-refractivity contribution is 0.598. The van der Waals surface area contributed by atoms with Crippen LogP contribution in [0.3, 0.4) is 0 Å². The topological polar surface area (TPSA) is 98.0 Å². The van der Waals surface area contributed by atoms with Crippen LogP contribution in [0.5, 0.6) is 0 Å². The Labute approximate surface area is 167 Å². The zero-order valence-corrected chi connectivity index (χ0v) is 16.1. The van der Waals surface area contributed by atoms with Gasteiger partial charge in [-0.3, -0.25) is 0 Å². The third-order valence-electron chi connectivity index (χ3n) is 4.15. The number of nitrogens with two attached hydrogens (primary N) is 1. The second-order valence-corrected chi connectivity index (χ2v) is 8.12. The summed E-state index contributed by atoms with van der Waals surface area (Å²) in [5, 5.41) is 9.70. The molecule has 8 heteroatoms. The van der Waals surface area contributed by atoms with Crippen molar-refractivity contribution in [3.8, 4) is 11.3 Å². The number of primary sulfonamides is 1. The molecular weight excluding hydrogens is 396 g/mol. The number of nitrogens with zero attached hydrogens (tertiary/aromatic N) is 2. The van der Waals surface area contributed by atoms with Crippen molar-refractivity contribution in [2.24, 2.45) is 5.14 Å². The summed E-state index contributed by atoms with van der Waals surface area (Å²) in [5.74, 6) is 0.372. The predicted molar refractivity (Wildman–Crippen MR) is 111 cm³/mol. The van der Waals surface area contributed by atoms with Crippen LogP contribution in [0.2, 0.25) is 5.02 Å². The summed E-state index contributed by atoms with van der Waals surface area (Å²) in [6.45, 7) is 0. The molecule has 0 spiro atoms. The van der Waals surface area contributed by atoms with Gasteiger partial charge in [-0.05, 0) is 42.5 Å². The van der Waals surface area contributed by atoms with Crippen LogP contribution in [0.15, 0.2) is 77.7 Å². The van der Waals surface area contributed by atoms with Crippen molar-refractivity contribution in [3.63, 3.8) is 0 Å². The Morgan fingerprint density at radius 3 is 2.29 bits per heavy atom. The molecular formula is C20H15ClN4O2S. The number of hydrogen-bond acceptors (Lipinski definition) is 5. The Hall–Kier alpha value is -3.00. The summed E-state index contributed by atoms with van der Waals surface area (Å²) in [4.78, 5) is 9.23. The van der Waals surface area contributed by atoms with Gasteiger partial charge in [0.2, 0.25) is 16.0 Å². The molecule has 0 radical (unpaired) electrons. The third kappa shape index (κ3) is 3.82. The van der Waals surface area contributed by atoms with E-state index in [1.165, 1.54) is 12.1 Å². The highest BCUT2D eigenvalue weighted by molar-refractivity contribution is 7.89. The van der Waals surface area contributed by atoms with Crippen LogP contribution < -0.4 is 10.5 Å². The standard InChI is InChI=1S/C20H15ClN4O2S/c21-14-6-11-17-18(12-14)24-20(25-19(17)13-4-2-1-3-5-13)23-15-7-9-16(10-8-15)28(22,26)27/h1-12H,(H2,22,26,27)(H,23,24,25). The van der Waals surface area contributed by atoms with Crippen LogP contribution in [0.1, 0.15) is 0 Å². The van der Waals surface area contributed by atoms with E-state index < -0.39 is 10.0 Å². The van der Waals surface area contributed by atoms with Crippen molar-refractivity contribution >= 4 is 44.2 Å². The molecule has 0 bridgehead atoms. The molecule has 4 aromatic rings. The second-order valence-electron chi connectivity index (χ2n) is 6.12. The maximum Gasteiger partial charge on any atom is 0.238 e. The molecule has 1 aromatic heterocycles. The van der Waals surface area contributed by atoms with Crippen molar-refractivity contribution in [1.82, 2.24) is 9.97 Å². The van der Waals surface area contributed by atoms with Crippen LogP contribution >= 0.6 is 11.6 Å². The Kier molecular flexibility index (Phi) is 4.72. The second kappa shape index (κ2) is 7.20. The molecule has 0 unspecified atom stereocenters. The molecule has 3 N–H and O–H groups in total. The molecule has 0 saturated carbocycles. The fraction of sp³-hybridized carbons (Fsp3) is 0. The highest BCUT2D eigenvalue weighted by Gasteiger charge is 2.11. The van der Waals surface area contributed by atoms with E-state index in [0.717, 1.165) is 16.6 Å². The monoisotopic (exact) mass is 410 g/mol. The number of rotatable bonds is 4. The van der Waals surface area contributed by atoms with Crippen molar-refractivity contribution < 1.29 is 8.42 Å². The number of fused-ring (bicyclic) bond motifs is 1. The summed E-state index contributed by atoms with van der Waals surface area (Å²) in [6, 6.07) is 21.3. The number of sulfonamides is 1. The molecule has 6 nitrogen and oxygen atoms in total. The Morgan fingerprint density at radius 1 is 0.893 bits per heavy atom. The average Bonchev–Trinajstić information content (AvgIpc) is 2.67. The van der Waals surface area contributed by atoms with Gasteiger partial charge in [0.1, 0.15) is 0 Å². The molecule has 0 aliphatic rings. The smallest absolute Gasteiger partial charge is 0.238 e. The third-order valence-corrected chi connectivity index (χ3v) is 5.31. The fourth-order valence-electron chi connectivity index (χ4n) is 2.83. The number of halogens is 1. The predicted octanol–water partition coefficient (Wildman–Crippen LogP) is 4.34. The molecule has 4 rings (SSSR count). The molecule has 0 fully saturated rings. The van der Waals surface area contributed by atoms with E-state index >= 15 is 0 Å². The van der Waals surface area contributed by atoms with Crippen molar-refractivity contribution in [3.05, 3.63) is 77.8 Å². The molecule has 0 amide bonds. The van der Waals surface area contributed by atoms with Crippen molar-refractivity contribution in [1.29, 1.82) is 0 Å². The highest BCUT2D eigenvalue weighted by Crippen LogP contribution is 2.29. The minimum Gasteiger partial charge on any atom is -0.324 e. The molecule has 140 valence electrons. The zero-order valence-electron chi connectivity index (χ0n) is 14.5. The Bertz CT molecular complexity index is 1260. The highest BCUT2D eigenvalue weighted by atomic mass is 35.5. The Balaban J connectivity index is 1.79. The first-order valence-electron chi connectivity index (χ1n) is 8.33. The summed E-state index contributed by atoms with van der Waals surface area (Å²) >= 11 is 6.14. The molecule has 0 aliphatic carbocycles. The molecule has 0 saturated heterocycles. The van der Waals surface area contributed by atoms with Gasteiger partial charge >= 0.3 is 0 Å². The van der Waals surface area contributed by atoms with Crippen LogP contribution in [0, 0.1) is 0 Å². The minimum absolute atomic E-state index is 0.0363. The van der Waals surface area contributed by atoms with Gasteiger partial charge in [-0.25, -0.2) is 23.5 Å². The minimum atomic E-state index is -3.74. The molecule has 1 heterocycles. The van der Waals surface area contributed by atoms with Gasteiger partial charge in [0.05, 0.1) is 16.1 Å².